The zero-order chi connectivity index (χ0) is 13.5. The Bertz CT molecular complexity index is 247. The zero-order valence-electron chi connectivity index (χ0n) is 11.6. The van der Waals surface area contributed by atoms with Gasteiger partial charge in [-0.05, 0) is 25.7 Å². The normalized spacial score (nSPS) is 21.8. The van der Waals surface area contributed by atoms with Gasteiger partial charge >= 0.3 is 0 Å². The molecule has 1 rings (SSSR count). The molecule has 0 aliphatic heterocycles. The Labute approximate surface area is 110 Å². The highest BCUT2D eigenvalue weighted by molar-refractivity contribution is 5.80. The van der Waals surface area contributed by atoms with Crippen LogP contribution in [0.1, 0.15) is 51.9 Å². The van der Waals surface area contributed by atoms with Gasteiger partial charge in [0.1, 0.15) is 6.10 Å². The molecule has 18 heavy (non-hydrogen) atoms. The molecule has 4 nitrogen and oxygen atoms in total. The average Bonchev–Trinajstić information content (AvgIpc) is 2.25. The van der Waals surface area contributed by atoms with Crippen molar-refractivity contribution in [2.75, 3.05) is 13.6 Å². The lowest BCUT2D eigenvalue weighted by atomic mass is 9.86. The fourth-order valence-corrected chi connectivity index (χ4v) is 2.72. The van der Waals surface area contributed by atoms with Crippen LogP contribution >= 0.6 is 0 Å². The molecule has 106 valence electrons. The molecule has 0 bridgehead atoms. The average molecular weight is 257 g/mol. The van der Waals surface area contributed by atoms with Gasteiger partial charge in [0.25, 0.3) is 5.91 Å². The van der Waals surface area contributed by atoms with E-state index in [-0.39, 0.29) is 18.4 Å². The maximum atomic E-state index is 12.0. The number of carbonyl (C=O) groups excluding carboxylic acids is 1. The van der Waals surface area contributed by atoms with E-state index in [0.29, 0.717) is 0 Å². The van der Waals surface area contributed by atoms with Crippen LogP contribution in [0.4, 0.5) is 0 Å². The largest absolute Gasteiger partial charge is 0.392 e. The summed E-state index contributed by atoms with van der Waals surface area (Å²) in [5, 5.41) is 19.4. The van der Waals surface area contributed by atoms with Crippen LogP contribution in [0.2, 0.25) is 0 Å². The van der Waals surface area contributed by atoms with Crippen molar-refractivity contribution in [3.63, 3.8) is 0 Å². The number of aliphatic hydroxyl groups is 2. The summed E-state index contributed by atoms with van der Waals surface area (Å²) in [5.41, 5.74) is 0. The third kappa shape index (κ3) is 4.94. The summed E-state index contributed by atoms with van der Waals surface area (Å²) in [4.78, 5) is 13.5. The summed E-state index contributed by atoms with van der Waals surface area (Å²) in [6.45, 7) is 1.93. The number of likely N-dealkylation sites (N-methyl/N-ethyl adjacent to an activating group) is 1. The summed E-state index contributed by atoms with van der Waals surface area (Å²) in [6.07, 6.45) is 6.34. The van der Waals surface area contributed by atoms with E-state index in [0.717, 1.165) is 25.7 Å². The number of carbonyl (C=O) groups is 1. The van der Waals surface area contributed by atoms with Crippen molar-refractivity contribution in [2.45, 2.75) is 64.1 Å². The van der Waals surface area contributed by atoms with Crippen molar-refractivity contribution in [2.24, 2.45) is 5.92 Å². The van der Waals surface area contributed by atoms with Gasteiger partial charge in [0.2, 0.25) is 0 Å². The Morgan fingerprint density at radius 2 is 1.67 bits per heavy atom. The Kier molecular flexibility index (Phi) is 6.65. The van der Waals surface area contributed by atoms with Gasteiger partial charge in [-0.2, -0.15) is 0 Å². The van der Waals surface area contributed by atoms with E-state index in [1.54, 1.807) is 14.0 Å². The second-order valence-electron chi connectivity index (χ2n) is 5.62. The molecule has 2 N–H and O–H groups in total. The van der Waals surface area contributed by atoms with Gasteiger partial charge in [-0.15, -0.1) is 0 Å². The van der Waals surface area contributed by atoms with Gasteiger partial charge in [0.05, 0.1) is 6.10 Å². The highest BCUT2D eigenvalue weighted by atomic mass is 16.3. The predicted octanol–water partition coefficient (Wildman–Crippen LogP) is 1.55. The van der Waals surface area contributed by atoms with Crippen molar-refractivity contribution in [1.29, 1.82) is 0 Å². The highest BCUT2D eigenvalue weighted by Gasteiger charge is 2.28. The minimum absolute atomic E-state index is 0.0919. The molecule has 1 saturated carbocycles. The fourth-order valence-electron chi connectivity index (χ4n) is 2.72. The Morgan fingerprint density at radius 3 is 2.17 bits per heavy atom. The molecule has 0 aromatic carbocycles. The van der Waals surface area contributed by atoms with E-state index >= 15 is 0 Å². The molecule has 0 saturated heterocycles. The lowest BCUT2D eigenvalue weighted by molar-refractivity contribution is -0.143. The van der Waals surface area contributed by atoms with E-state index in [1.807, 2.05) is 0 Å². The van der Waals surface area contributed by atoms with Crippen LogP contribution in [0, 0.1) is 5.92 Å². The van der Waals surface area contributed by atoms with Gasteiger partial charge in [-0.1, -0.05) is 32.1 Å². The molecule has 0 spiro atoms. The van der Waals surface area contributed by atoms with Gasteiger partial charge in [-0.3, -0.25) is 4.79 Å². The van der Waals surface area contributed by atoms with Gasteiger partial charge in [0.15, 0.2) is 0 Å². The maximum Gasteiger partial charge on any atom is 0.251 e. The standard InChI is InChI=1S/C14H27NO3/c1-11(16)10-15(2)14(18)13(17)12-8-6-4-3-5-7-9-12/h11-13,16-17H,3-10H2,1-2H3/t11-,13?/m1/s1. The smallest absolute Gasteiger partial charge is 0.251 e. The van der Waals surface area contributed by atoms with Gasteiger partial charge in [-0.25, -0.2) is 0 Å². The summed E-state index contributed by atoms with van der Waals surface area (Å²) in [5.74, 6) is -0.157. The third-order valence-corrected chi connectivity index (χ3v) is 3.76. The monoisotopic (exact) mass is 257 g/mol. The molecule has 1 fully saturated rings. The van der Waals surface area contributed by atoms with E-state index in [2.05, 4.69) is 0 Å². The zero-order valence-corrected chi connectivity index (χ0v) is 11.6. The number of hydrogen-bond acceptors (Lipinski definition) is 3. The van der Waals surface area contributed by atoms with E-state index in [4.69, 9.17) is 0 Å². The molecule has 1 aliphatic carbocycles. The number of amides is 1. The highest BCUT2D eigenvalue weighted by Crippen LogP contribution is 2.25. The number of aliphatic hydroxyl groups excluding tert-OH is 2. The second kappa shape index (κ2) is 7.74. The summed E-state index contributed by atoms with van der Waals surface area (Å²) < 4.78 is 0. The van der Waals surface area contributed by atoms with Crippen LogP contribution in [-0.2, 0) is 4.79 Å². The maximum absolute atomic E-state index is 12.0. The second-order valence-corrected chi connectivity index (χ2v) is 5.62. The van der Waals surface area contributed by atoms with Crippen molar-refractivity contribution in [3.05, 3.63) is 0 Å². The van der Waals surface area contributed by atoms with Crippen molar-refractivity contribution in [3.8, 4) is 0 Å². The Balaban J connectivity index is 2.49. The molecule has 0 aromatic rings. The number of hydrogen-bond donors (Lipinski definition) is 2. The number of nitrogens with zero attached hydrogens (tertiary/aromatic N) is 1. The lowest BCUT2D eigenvalue weighted by Crippen LogP contribution is -2.43. The molecule has 0 aromatic heterocycles. The third-order valence-electron chi connectivity index (χ3n) is 3.76. The summed E-state index contributed by atoms with van der Waals surface area (Å²) >= 11 is 0. The molecule has 2 atom stereocenters. The predicted molar refractivity (Wildman–Crippen MR) is 71.1 cm³/mol. The SMILES string of the molecule is C[C@@H](O)CN(C)C(=O)C(O)C1CCCCCCC1. The van der Waals surface area contributed by atoms with Crippen molar-refractivity contribution in [1.82, 2.24) is 4.90 Å². The molecular formula is C14H27NO3. The van der Waals surface area contributed by atoms with Crippen LogP contribution in [-0.4, -0.2) is 46.8 Å². The summed E-state index contributed by atoms with van der Waals surface area (Å²) in [6, 6.07) is 0. The van der Waals surface area contributed by atoms with Crippen molar-refractivity contribution < 1.29 is 15.0 Å². The minimum Gasteiger partial charge on any atom is -0.392 e. The van der Waals surface area contributed by atoms with Crippen LogP contribution in [0.3, 0.4) is 0 Å². The molecule has 1 aliphatic rings. The first-order chi connectivity index (χ1) is 8.52. The Morgan fingerprint density at radius 1 is 1.17 bits per heavy atom. The van der Waals surface area contributed by atoms with Crippen LogP contribution in [0.5, 0.6) is 0 Å². The Hall–Kier alpha value is -0.610. The quantitative estimate of drug-likeness (QED) is 0.803. The van der Waals surface area contributed by atoms with Crippen molar-refractivity contribution >= 4 is 5.91 Å². The first kappa shape index (κ1) is 15.4. The molecule has 4 heteroatoms. The lowest BCUT2D eigenvalue weighted by Gasteiger charge is -2.28. The molecule has 1 unspecified atom stereocenters. The molecule has 0 heterocycles. The topological polar surface area (TPSA) is 60.8 Å². The van der Waals surface area contributed by atoms with Gasteiger partial charge in [0, 0.05) is 13.6 Å². The first-order valence-corrected chi connectivity index (χ1v) is 7.13. The minimum atomic E-state index is -0.896. The van der Waals surface area contributed by atoms with E-state index in [9.17, 15) is 15.0 Å². The van der Waals surface area contributed by atoms with E-state index < -0.39 is 12.2 Å². The molecule has 1 amide bonds. The van der Waals surface area contributed by atoms with Crippen LogP contribution in [0.15, 0.2) is 0 Å². The van der Waals surface area contributed by atoms with Crippen LogP contribution in [0.25, 0.3) is 0 Å². The molecule has 0 radical (unpaired) electrons. The van der Waals surface area contributed by atoms with Crippen LogP contribution < -0.4 is 0 Å². The summed E-state index contributed by atoms with van der Waals surface area (Å²) in [7, 11) is 1.64. The number of rotatable bonds is 4. The molecular weight excluding hydrogens is 230 g/mol. The van der Waals surface area contributed by atoms with E-state index in [1.165, 1.54) is 24.2 Å². The fraction of sp³-hybridized carbons (Fsp3) is 0.929. The first-order valence-electron chi connectivity index (χ1n) is 7.13. The van der Waals surface area contributed by atoms with Gasteiger partial charge < -0.3 is 15.1 Å².